The smallest absolute Gasteiger partial charge is 0.240 e. The van der Waals surface area contributed by atoms with Crippen LogP contribution in [-0.2, 0) is 21.3 Å². The van der Waals surface area contributed by atoms with E-state index in [-0.39, 0.29) is 11.4 Å². The zero-order chi connectivity index (χ0) is 17.6. The van der Waals surface area contributed by atoms with E-state index in [0.29, 0.717) is 19.1 Å². The Morgan fingerprint density at radius 1 is 1.08 bits per heavy atom. The first kappa shape index (κ1) is 18.3. The molecule has 0 aliphatic rings. The third-order valence-corrected chi connectivity index (χ3v) is 4.74. The van der Waals surface area contributed by atoms with Crippen molar-refractivity contribution in [2.75, 3.05) is 25.6 Å². The molecule has 0 atom stereocenters. The van der Waals surface area contributed by atoms with Gasteiger partial charge in [-0.25, -0.2) is 23.1 Å². The summed E-state index contributed by atoms with van der Waals surface area (Å²) >= 11 is 0. The van der Waals surface area contributed by atoms with E-state index >= 15 is 0 Å². The molecule has 2 aromatic rings. The van der Waals surface area contributed by atoms with Crippen LogP contribution in [0.5, 0.6) is 0 Å². The zero-order valence-electron chi connectivity index (χ0n) is 14.0. The maximum Gasteiger partial charge on any atom is 0.240 e. The van der Waals surface area contributed by atoms with Crippen LogP contribution in [0.4, 0.5) is 5.95 Å². The summed E-state index contributed by atoms with van der Waals surface area (Å²) in [5.41, 5.74) is 2.73. The fourth-order valence-corrected chi connectivity index (χ4v) is 3.15. The van der Waals surface area contributed by atoms with Crippen molar-refractivity contribution in [3.8, 4) is 0 Å². The Bertz CT molecular complexity index is 756. The largest absolute Gasteiger partial charge is 0.383 e. The van der Waals surface area contributed by atoms with Crippen LogP contribution in [0, 0.1) is 13.8 Å². The number of benzene rings is 1. The van der Waals surface area contributed by atoms with Gasteiger partial charge in [0, 0.05) is 31.6 Å². The second kappa shape index (κ2) is 8.18. The van der Waals surface area contributed by atoms with Gasteiger partial charge >= 0.3 is 0 Å². The standard InChI is InChI=1S/C16H22N4O3S/c1-12-10-13(2)20-16(19-12)17-11-14-4-6-15(7-5-14)24(21,22)18-8-9-23-3/h4-7,10,18H,8-9,11H2,1-3H3,(H,17,19,20). The van der Waals surface area contributed by atoms with Gasteiger partial charge in [0.1, 0.15) is 0 Å². The molecule has 1 aromatic carbocycles. The van der Waals surface area contributed by atoms with Crippen LogP contribution in [0.3, 0.4) is 0 Å². The molecule has 0 saturated heterocycles. The number of nitrogens with zero attached hydrogens (tertiary/aromatic N) is 2. The van der Waals surface area contributed by atoms with Crippen molar-refractivity contribution in [3.05, 3.63) is 47.3 Å². The average Bonchev–Trinajstić information content (AvgIpc) is 2.52. The van der Waals surface area contributed by atoms with Gasteiger partial charge in [0.25, 0.3) is 0 Å². The number of ether oxygens (including phenoxy) is 1. The average molecular weight is 350 g/mol. The molecule has 24 heavy (non-hydrogen) atoms. The Hall–Kier alpha value is -2.03. The highest BCUT2D eigenvalue weighted by atomic mass is 32.2. The topological polar surface area (TPSA) is 93.2 Å². The number of hydrogen-bond acceptors (Lipinski definition) is 6. The van der Waals surface area contributed by atoms with Crippen molar-refractivity contribution in [2.24, 2.45) is 0 Å². The second-order valence-electron chi connectivity index (χ2n) is 5.36. The highest BCUT2D eigenvalue weighted by Gasteiger charge is 2.12. The van der Waals surface area contributed by atoms with E-state index < -0.39 is 10.0 Å². The minimum Gasteiger partial charge on any atom is -0.383 e. The summed E-state index contributed by atoms with van der Waals surface area (Å²) in [6.45, 7) is 4.91. The van der Waals surface area contributed by atoms with Gasteiger partial charge in [0.2, 0.25) is 16.0 Å². The van der Waals surface area contributed by atoms with Gasteiger partial charge in [0.05, 0.1) is 11.5 Å². The SMILES string of the molecule is COCCNS(=O)(=O)c1ccc(CNc2nc(C)cc(C)n2)cc1. The lowest BCUT2D eigenvalue weighted by atomic mass is 10.2. The molecule has 0 aliphatic carbocycles. The van der Waals surface area contributed by atoms with Crippen molar-refractivity contribution in [1.29, 1.82) is 0 Å². The molecule has 0 fully saturated rings. The first-order valence-electron chi connectivity index (χ1n) is 7.54. The summed E-state index contributed by atoms with van der Waals surface area (Å²) in [7, 11) is -1.98. The first-order valence-corrected chi connectivity index (χ1v) is 9.03. The maximum absolute atomic E-state index is 12.1. The summed E-state index contributed by atoms with van der Waals surface area (Å²) in [5, 5.41) is 3.14. The number of anilines is 1. The molecular weight excluding hydrogens is 328 g/mol. The van der Waals surface area contributed by atoms with E-state index in [2.05, 4.69) is 20.0 Å². The fraction of sp³-hybridized carbons (Fsp3) is 0.375. The summed E-state index contributed by atoms with van der Waals surface area (Å²) in [4.78, 5) is 8.84. The summed E-state index contributed by atoms with van der Waals surface area (Å²) in [5.74, 6) is 0.561. The number of methoxy groups -OCH3 is 1. The van der Waals surface area contributed by atoms with E-state index in [9.17, 15) is 8.42 Å². The minimum atomic E-state index is -3.50. The van der Waals surface area contributed by atoms with Gasteiger partial charge in [-0.3, -0.25) is 0 Å². The number of sulfonamides is 1. The van der Waals surface area contributed by atoms with E-state index in [1.165, 1.54) is 7.11 Å². The number of aryl methyl sites for hydroxylation is 2. The van der Waals surface area contributed by atoms with Crippen LogP contribution >= 0.6 is 0 Å². The van der Waals surface area contributed by atoms with Crippen molar-refractivity contribution < 1.29 is 13.2 Å². The molecule has 130 valence electrons. The van der Waals surface area contributed by atoms with Gasteiger partial charge < -0.3 is 10.1 Å². The van der Waals surface area contributed by atoms with Crippen LogP contribution in [0.15, 0.2) is 35.2 Å². The Morgan fingerprint density at radius 3 is 2.29 bits per heavy atom. The minimum absolute atomic E-state index is 0.227. The Labute approximate surface area is 142 Å². The predicted octanol–water partition coefficient (Wildman–Crippen LogP) is 1.63. The molecule has 2 rings (SSSR count). The normalized spacial score (nSPS) is 11.5. The van der Waals surface area contributed by atoms with Crippen LogP contribution in [0.25, 0.3) is 0 Å². The summed E-state index contributed by atoms with van der Waals surface area (Å²) in [6.07, 6.45) is 0. The lowest BCUT2D eigenvalue weighted by Gasteiger charge is -2.09. The van der Waals surface area contributed by atoms with Crippen LogP contribution in [0.1, 0.15) is 17.0 Å². The molecule has 0 amide bonds. The van der Waals surface area contributed by atoms with Gasteiger partial charge in [-0.1, -0.05) is 12.1 Å². The molecule has 0 spiro atoms. The van der Waals surface area contributed by atoms with Gasteiger partial charge in [-0.05, 0) is 37.6 Å². The number of hydrogen-bond donors (Lipinski definition) is 2. The monoisotopic (exact) mass is 350 g/mol. The highest BCUT2D eigenvalue weighted by Crippen LogP contribution is 2.12. The van der Waals surface area contributed by atoms with Crippen molar-refractivity contribution >= 4 is 16.0 Å². The molecule has 2 N–H and O–H groups in total. The Balaban J connectivity index is 1.99. The quantitative estimate of drug-likeness (QED) is 0.703. The van der Waals surface area contributed by atoms with E-state index in [1.807, 2.05) is 19.9 Å². The van der Waals surface area contributed by atoms with Crippen molar-refractivity contribution in [2.45, 2.75) is 25.3 Å². The van der Waals surface area contributed by atoms with Crippen LogP contribution in [-0.4, -0.2) is 38.6 Å². The molecule has 0 saturated carbocycles. The zero-order valence-corrected chi connectivity index (χ0v) is 14.9. The first-order chi connectivity index (χ1) is 11.4. The van der Waals surface area contributed by atoms with Gasteiger partial charge in [0.15, 0.2) is 0 Å². The van der Waals surface area contributed by atoms with Crippen LogP contribution in [0.2, 0.25) is 0 Å². The number of aromatic nitrogens is 2. The van der Waals surface area contributed by atoms with E-state index in [1.54, 1.807) is 24.3 Å². The lowest BCUT2D eigenvalue weighted by Crippen LogP contribution is -2.27. The van der Waals surface area contributed by atoms with E-state index in [0.717, 1.165) is 17.0 Å². The van der Waals surface area contributed by atoms with Crippen molar-refractivity contribution in [1.82, 2.24) is 14.7 Å². The number of rotatable bonds is 8. The third kappa shape index (κ3) is 5.26. The van der Waals surface area contributed by atoms with Crippen LogP contribution < -0.4 is 10.0 Å². The fourth-order valence-electron chi connectivity index (χ4n) is 2.13. The predicted molar refractivity (Wildman–Crippen MR) is 92.3 cm³/mol. The molecule has 7 nitrogen and oxygen atoms in total. The molecule has 8 heteroatoms. The highest BCUT2D eigenvalue weighted by molar-refractivity contribution is 7.89. The van der Waals surface area contributed by atoms with Crippen molar-refractivity contribution in [3.63, 3.8) is 0 Å². The Kier molecular flexibility index (Phi) is 6.24. The Morgan fingerprint density at radius 2 is 1.71 bits per heavy atom. The third-order valence-electron chi connectivity index (χ3n) is 3.26. The number of nitrogens with one attached hydrogen (secondary N) is 2. The molecule has 0 aliphatic heterocycles. The molecule has 1 heterocycles. The summed E-state index contributed by atoms with van der Waals surface area (Å²) < 4.78 is 31.5. The second-order valence-corrected chi connectivity index (χ2v) is 7.13. The molecule has 1 aromatic heterocycles. The molecule has 0 radical (unpaired) electrons. The molecule has 0 unspecified atom stereocenters. The molecular formula is C16H22N4O3S. The van der Waals surface area contributed by atoms with Gasteiger partial charge in [-0.15, -0.1) is 0 Å². The summed E-state index contributed by atoms with van der Waals surface area (Å²) in [6, 6.07) is 8.59. The molecule has 0 bridgehead atoms. The lowest BCUT2D eigenvalue weighted by molar-refractivity contribution is 0.204. The van der Waals surface area contributed by atoms with E-state index in [4.69, 9.17) is 4.74 Å². The maximum atomic E-state index is 12.1. The van der Waals surface area contributed by atoms with Gasteiger partial charge in [-0.2, -0.15) is 0 Å².